The Morgan fingerprint density at radius 3 is 2.74 bits per heavy atom. The maximum atomic E-state index is 5.09. The number of methoxy groups -OCH3 is 1. The second kappa shape index (κ2) is 5.69. The largest absolute Gasteiger partial charge is 0.481 e. The van der Waals surface area contributed by atoms with Crippen molar-refractivity contribution in [3.05, 3.63) is 47.2 Å². The first-order chi connectivity index (χ1) is 9.11. The normalized spacial score (nSPS) is 12.0. The van der Waals surface area contributed by atoms with Gasteiger partial charge in [-0.15, -0.1) is 0 Å². The Bertz CT molecular complexity index is 569. The third kappa shape index (κ3) is 3.02. The highest BCUT2D eigenvalue weighted by Gasteiger charge is 2.11. The van der Waals surface area contributed by atoms with Crippen LogP contribution < -0.4 is 10.1 Å². The molecule has 0 saturated heterocycles. The molecule has 19 heavy (non-hydrogen) atoms. The molecule has 4 heteroatoms. The lowest BCUT2D eigenvalue weighted by Crippen LogP contribution is -2.11. The summed E-state index contributed by atoms with van der Waals surface area (Å²) in [6, 6.07) is 8.19. The molecule has 0 fully saturated rings. The fraction of sp³-hybridized carbons (Fsp3) is 0.333. The predicted molar refractivity (Wildman–Crippen MR) is 76.5 cm³/mol. The molecular formula is C15H19N3O. The van der Waals surface area contributed by atoms with E-state index < -0.39 is 0 Å². The molecule has 1 aromatic carbocycles. The Hall–Kier alpha value is -2.10. The first kappa shape index (κ1) is 13.3. The Balaban J connectivity index is 2.20. The molecule has 0 aliphatic carbocycles. The highest BCUT2D eigenvalue weighted by Crippen LogP contribution is 2.23. The number of hydrogen-bond donors (Lipinski definition) is 1. The van der Waals surface area contributed by atoms with Crippen LogP contribution in [0.15, 0.2) is 30.5 Å². The van der Waals surface area contributed by atoms with E-state index in [0.717, 1.165) is 0 Å². The molecule has 1 N–H and O–H groups in total. The van der Waals surface area contributed by atoms with Crippen molar-refractivity contribution >= 4 is 5.95 Å². The zero-order chi connectivity index (χ0) is 13.8. The van der Waals surface area contributed by atoms with Crippen LogP contribution in [0.4, 0.5) is 5.95 Å². The van der Waals surface area contributed by atoms with Crippen LogP contribution in [-0.2, 0) is 0 Å². The maximum absolute atomic E-state index is 5.09. The number of nitrogens with zero attached hydrogens (tertiary/aromatic N) is 2. The molecule has 0 spiro atoms. The first-order valence-electron chi connectivity index (χ1n) is 6.31. The van der Waals surface area contributed by atoms with E-state index in [1.165, 1.54) is 16.7 Å². The molecule has 0 aliphatic rings. The van der Waals surface area contributed by atoms with Gasteiger partial charge in [0, 0.05) is 12.3 Å². The topological polar surface area (TPSA) is 47.0 Å². The molecule has 1 aromatic heterocycles. The van der Waals surface area contributed by atoms with Gasteiger partial charge in [-0.1, -0.05) is 18.2 Å². The van der Waals surface area contributed by atoms with Gasteiger partial charge in [0.2, 0.25) is 11.8 Å². The fourth-order valence-corrected chi connectivity index (χ4v) is 2.04. The van der Waals surface area contributed by atoms with Crippen molar-refractivity contribution in [1.29, 1.82) is 0 Å². The van der Waals surface area contributed by atoms with Gasteiger partial charge >= 0.3 is 0 Å². The summed E-state index contributed by atoms with van der Waals surface area (Å²) in [4.78, 5) is 8.47. The second-order valence-electron chi connectivity index (χ2n) is 4.58. The van der Waals surface area contributed by atoms with E-state index in [2.05, 4.69) is 54.3 Å². The van der Waals surface area contributed by atoms with Gasteiger partial charge in [0.25, 0.3) is 0 Å². The van der Waals surface area contributed by atoms with Crippen LogP contribution >= 0.6 is 0 Å². The van der Waals surface area contributed by atoms with E-state index >= 15 is 0 Å². The number of anilines is 1. The Morgan fingerprint density at radius 1 is 1.21 bits per heavy atom. The van der Waals surface area contributed by atoms with E-state index in [1.807, 2.05) is 0 Å². The van der Waals surface area contributed by atoms with E-state index in [1.54, 1.807) is 19.4 Å². The zero-order valence-electron chi connectivity index (χ0n) is 11.8. The van der Waals surface area contributed by atoms with Crippen molar-refractivity contribution in [2.75, 3.05) is 12.4 Å². The Kier molecular flexibility index (Phi) is 4.00. The number of rotatable bonds is 4. The van der Waals surface area contributed by atoms with Gasteiger partial charge in [-0.05, 0) is 37.5 Å². The van der Waals surface area contributed by atoms with E-state index in [-0.39, 0.29) is 6.04 Å². The van der Waals surface area contributed by atoms with Gasteiger partial charge in [-0.2, -0.15) is 4.98 Å². The summed E-state index contributed by atoms with van der Waals surface area (Å²) in [5.41, 5.74) is 3.84. The first-order valence-corrected chi connectivity index (χ1v) is 6.31. The monoisotopic (exact) mass is 257 g/mol. The van der Waals surface area contributed by atoms with Crippen LogP contribution in [-0.4, -0.2) is 17.1 Å². The smallest absolute Gasteiger partial charge is 0.226 e. The van der Waals surface area contributed by atoms with E-state index in [9.17, 15) is 0 Å². The minimum Gasteiger partial charge on any atom is -0.481 e. The SMILES string of the molecule is COc1ccnc(NC(C)c2cccc(C)c2C)n1. The molecule has 1 unspecified atom stereocenters. The standard InChI is InChI=1S/C15H19N3O/c1-10-6-5-7-13(11(10)2)12(3)17-15-16-9-8-14(18-15)19-4/h5-9,12H,1-4H3,(H,16,17,18). The quantitative estimate of drug-likeness (QED) is 0.913. The van der Waals surface area contributed by atoms with Gasteiger partial charge in [0.05, 0.1) is 13.2 Å². The highest BCUT2D eigenvalue weighted by atomic mass is 16.5. The number of hydrogen-bond acceptors (Lipinski definition) is 4. The molecule has 0 aliphatic heterocycles. The number of aryl methyl sites for hydroxylation is 1. The minimum absolute atomic E-state index is 0.145. The molecule has 0 bridgehead atoms. The maximum Gasteiger partial charge on any atom is 0.226 e. The summed E-state index contributed by atoms with van der Waals surface area (Å²) in [6.45, 7) is 6.35. The molecule has 0 amide bonds. The molecule has 2 aromatic rings. The van der Waals surface area contributed by atoms with Crippen LogP contribution in [0, 0.1) is 13.8 Å². The van der Waals surface area contributed by atoms with Gasteiger partial charge in [-0.25, -0.2) is 4.98 Å². The summed E-state index contributed by atoms with van der Waals surface area (Å²) in [5, 5.41) is 3.30. The van der Waals surface area contributed by atoms with Crippen LogP contribution in [0.1, 0.15) is 29.7 Å². The van der Waals surface area contributed by atoms with Gasteiger partial charge in [0.15, 0.2) is 0 Å². The lowest BCUT2D eigenvalue weighted by atomic mass is 9.98. The summed E-state index contributed by atoms with van der Waals surface area (Å²) in [5.74, 6) is 1.14. The average Bonchev–Trinajstić information content (AvgIpc) is 2.42. The summed E-state index contributed by atoms with van der Waals surface area (Å²) >= 11 is 0. The Morgan fingerprint density at radius 2 is 2.00 bits per heavy atom. The molecule has 0 saturated carbocycles. The zero-order valence-corrected chi connectivity index (χ0v) is 11.8. The van der Waals surface area contributed by atoms with Crippen molar-refractivity contribution in [2.24, 2.45) is 0 Å². The molecule has 1 heterocycles. The van der Waals surface area contributed by atoms with Crippen LogP contribution in [0.5, 0.6) is 5.88 Å². The lowest BCUT2D eigenvalue weighted by molar-refractivity contribution is 0.397. The van der Waals surface area contributed by atoms with Crippen molar-refractivity contribution in [2.45, 2.75) is 26.8 Å². The van der Waals surface area contributed by atoms with Crippen molar-refractivity contribution < 1.29 is 4.74 Å². The lowest BCUT2D eigenvalue weighted by Gasteiger charge is -2.17. The van der Waals surface area contributed by atoms with E-state index in [0.29, 0.717) is 11.8 Å². The molecule has 4 nitrogen and oxygen atoms in total. The van der Waals surface area contributed by atoms with Crippen molar-refractivity contribution in [3.8, 4) is 5.88 Å². The molecule has 100 valence electrons. The molecule has 1 atom stereocenters. The van der Waals surface area contributed by atoms with Gasteiger partial charge in [-0.3, -0.25) is 0 Å². The van der Waals surface area contributed by atoms with Crippen molar-refractivity contribution in [1.82, 2.24) is 9.97 Å². The van der Waals surface area contributed by atoms with Crippen molar-refractivity contribution in [3.63, 3.8) is 0 Å². The summed E-state index contributed by atoms with van der Waals surface area (Å²) in [6.07, 6.45) is 1.68. The third-order valence-corrected chi connectivity index (χ3v) is 3.30. The molecular weight excluding hydrogens is 238 g/mol. The average molecular weight is 257 g/mol. The van der Waals surface area contributed by atoms with Crippen LogP contribution in [0.25, 0.3) is 0 Å². The number of aromatic nitrogens is 2. The highest BCUT2D eigenvalue weighted by molar-refractivity contribution is 5.39. The Labute approximate surface area is 113 Å². The van der Waals surface area contributed by atoms with E-state index in [4.69, 9.17) is 4.74 Å². The summed E-state index contributed by atoms with van der Waals surface area (Å²) < 4.78 is 5.09. The number of ether oxygens (including phenoxy) is 1. The third-order valence-electron chi connectivity index (χ3n) is 3.30. The van der Waals surface area contributed by atoms with Crippen LogP contribution in [0.2, 0.25) is 0 Å². The number of benzene rings is 1. The summed E-state index contributed by atoms with van der Waals surface area (Å²) in [7, 11) is 1.60. The van der Waals surface area contributed by atoms with Crippen LogP contribution in [0.3, 0.4) is 0 Å². The fourth-order valence-electron chi connectivity index (χ4n) is 2.04. The second-order valence-corrected chi connectivity index (χ2v) is 4.58. The van der Waals surface area contributed by atoms with Gasteiger partial charge in [0.1, 0.15) is 0 Å². The number of nitrogens with one attached hydrogen (secondary N) is 1. The predicted octanol–water partition coefficient (Wildman–Crippen LogP) is 3.28. The molecule has 0 radical (unpaired) electrons. The minimum atomic E-state index is 0.145. The molecule has 2 rings (SSSR count). The van der Waals surface area contributed by atoms with Gasteiger partial charge < -0.3 is 10.1 Å².